The summed E-state index contributed by atoms with van der Waals surface area (Å²) in [5, 5.41) is 0.549. The first-order valence-corrected chi connectivity index (χ1v) is 8.72. The van der Waals surface area contributed by atoms with Gasteiger partial charge in [0.25, 0.3) is 11.5 Å². The molecule has 3 aromatic rings. The lowest BCUT2D eigenvalue weighted by atomic mass is 10.1. The second-order valence-electron chi connectivity index (χ2n) is 6.93. The van der Waals surface area contributed by atoms with Crippen molar-refractivity contribution >= 4 is 16.8 Å². The number of para-hydroxylation sites is 1. The first-order valence-electron chi connectivity index (χ1n) is 8.72. The van der Waals surface area contributed by atoms with Crippen LogP contribution in [0.2, 0.25) is 0 Å². The van der Waals surface area contributed by atoms with Gasteiger partial charge in [-0.1, -0.05) is 29.3 Å². The zero-order valence-corrected chi connectivity index (χ0v) is 15.5. The van der Waals surface area contributed by atoms with Crippen molar-refractivity contribution in [1.82, 2.24) is 14.9 Å². The molecule has 0 aliphatic carbocycles. The fourth-order valence-corrected chi connectivity index (χ4v) is 3.12. The van der Waals surface area contributed by atoms with Crippen molar-refractivity contribution in [2.75, 3.05) is 0 Å². The van der Waals surface area contributed by atoms with E-state index in [-0.39, 0.29) is 24.1 Å². The molecule has 0 radical (unpaired) electrons. The van der Waals surface area contributed by atoms with Crippen LogP contribution in [0.5, 0.6) is 0 Å². The van der Waals surface area contributed by atoms with Gasteiger partial charge in [-0.15, -0.1) is 0 Å². The number of amides is 1. The first kappa shape index (κ1) is 17.9. The van der Waals surface area contributed by atoms with Crippen LogP contribution >= 0.6 is 0 Å². The predicted molar refractivity (Wildman–Crippen MR) is 103 cm³/mol. The van der Waals surface area contributed by atoms with Gasteiger partial charge in [-0.25, -0.2) is 4.98 Å². The Morgan fingerprint density at radius 3 is 2.42 bits per heavy atom. The maximum Gasteiger partial charge on any atom is 0.258 e. The molecule has 3 rings (SSSR count). The minimum atomic E-state index is -0.187. The topological polar surface area (TPSA) is 66.1 Å². The maximum absolute atomic E-state index is 13.0. The Labute approximate surface area is 152 Å². The molecule has 0 bridgehead atoms. The molecule has 1 amide bonds. The summed E-state index contributed by atoms with van der Waals surface area (Å²) in [6.45, 7) is 8.13. The number of carbonyl (C=O) groups is 1. The van der Waals surface area contributed by atoms with Crippen LogP contribution in [0.1, 0.15) is 41.2 Å². The van der Waals surface area contributed by atoms with Crippen LogP contribution in [-0.4, -0.2) is 26.8 Å². The van der Waals surface area contributed by atoms with Crippen molar-refractivity contribution in [3.8, 4) is 0 Å². The highest BCUT2D eigenvalue weighted by molar-refractivity contribution is 5.94. The number of rotatable bonds is 4. The van der Waals surface area contributed by atoms with E-state index in [2.05, 4.69) is 9.97 Å². The molecule has 2 aromatic carbocycles. The van der Waals surface area contributed by atoms with Gasteiger partial charge in [0.1, 0.15) is 5.82 Å². The first-order chi connectivity index (χ1) is 12.3. The number of fused-ring (bicyclic) bond motifs is 1. The van der Waals surface area contributed by atoms with Crippen molar-refractivity contribution in [1.29, 1.82) is 0 Å². The number of aromatic amines is 1. The lowest BCUT2D eigenvalue weighted by Crippen LogP contribution is -2.37. The quantitative estimate of drug-likeness (QED) is 0.783. The monoisotopic (exact) mass is 349 g/mol. The molecule has 0 fully saturated rings. The zero-order chi connectivity index (χ0) is 18.8. The van der Waals surface area contributed by atoms with Crippen molar-refractivity contribution in [2.24, 2.45) is 0 Å². The van der Waals surface area contributed by atoms with Gasteiger partial charge in [0.15, 0.2) is 0 Å². The summed E-state index contributed by atoms with van der Waals surface area (Å²) in [5.41, 5.74) is 3.20. The van der Waals surface area contributed by atoms with Crippen molar-refractivity contribution < 1.29 is 4.79 Å². The Balaban J connectivity index is 1.96. The smallest absolute Gasteiger partial charge is 0.258 e. The molecule has 0 atom stereocenters. The lowest BCUT2D eigenvalue weighted by molar-refractivity contribution is 0.0685. The number of hydrogen-bond donors (Lipinski definition) is 1. The average molecular weight is 349 g/mol. The van der Waals surface area contributed by atoms with Gasteiger partial charge in [0, 0.05) is 11.6 Å². The van der Waals surface area contributed by atoms with Gasteiger partial charge >= 0.3 is 0 Å². The minimum Gasteiger partial charge on any atom is -0.329 e. The average Bonchev–Trinajstić information content (AvgIpc) is 2.58. The van der Waals surface area contributed by atoms with Crippen molar-refractivity contribution in [3.63, 3.8) is 0 Å². The predicted octanol–water partition coefficient (Wildman–Crippen LogP) is 3.59. The van der Waals surface area contributed by atoms with Crippen molar-refractivity contribution in [2.45, 2.75) is 40.3 Å². The molecular weight excluding hydrogens is 326 g/mol. The summed E-state index contributed by atoms with van der Waals surface area (Å²) < 4.78 is 0. The van der Waals surface area contributed by atoms with Crippen LogP contribution in [0.4, 0.5) is 0 Å². The molecule has 5 heteroatoms. The Hall–Kier alpha value is -2.95. The van der Waals surface area contributed by atoms with E-state index in [0.717, 1.165) is 11.1 Å². The third-order valence-electron chi connectivity index (χ3n) is 4.33. The number of benzene rings is 2. The zero-order valence-electron chi connectivity index (χ0n) is 15.5. The van der Waals surface area contributed by atoms with E-state index in [1.54, 1.807) is 17.0 Å². The number of hydrogen-bond acceptors (Lipinski definition) is 3. The van der Waals surface area contributed by atoms with E-state index < -0.39 is 0 Å². The third-order valence-corrected chi connectivity index (χ3v) is 4.33. The standard InChI is InChI=1S/C21H23N3O2/c1-13(2)24(21(26)16-10-14(3)9-15(4)11-16)12-19-22-18-8-6-5-7-17(18)20(25)23-19/h5-11,13H,12H2,1-4H3,(H,22,23,25). The van der Waals surface area contributed by atoms with Crippen LogP contribution in [0.15, 0.2) is 47.3 Å². The number of H-pyrrole nitrogens is 1. The van der Waals surface area contributed by atoms with E-state index >= 15 is 0 Å². The van der Waals surface area contributed by atoms with Gasteiger partial charge in [0.05, 0.1) is 17.4 Å². The molecule has 0 spiro atoms. The van der Waals surface area contributed by atoms with E-state index in [1.807, 2.05) is 58.0 Å². The molecule has 0 aliphatic rings. The summed E-state index contributed by atoms with van der Waals surface area (Å²) in [6, 6.07) is 13.0. The van der Waals surface area contributed by atoms with Gasteiger partial charge in [-0.05, 0) is 52.0 Å². The van der Waals surface area contributed by atoms with E-state index in [1.165, 1.54) is 0 Å². The molecule has 1 N–H and O–H groups in total. The molecule has 0 unspecified atom stereocenters. The summed E-state index contributed by atoms with van der Waals surface area (Å²) in [4.78, 5) is 34.4. The number of carbonyl (C=O) groups excluding carboxylic acids is 1. The highest BCUT2D eigenvalue weighted by Crippen LogP contribution is 2.15. The van der Waals surface area contributed by atoms with Crippen LogP contribution in [0.3, 0.4) is 0 Å². The second-order valence-corrected chi connectivity index (χ2v) is 6.93. The highest BCUT2D eigenvalue weighted by atomic mass is 16.2. The van der Waals surface area contributed by atoms with Gasteiger partial charge in [0.2, 0.25) is 0 Å². The molecule has 5 nitrogen and oxygen atoms in total. The summed E-state index contributed by atoms with van der Waals surface area (Å²) >= 11 is 0. The maximum atomic E-state index is 13.0. The summed E-state index contributed by atoms with van der Waals surface area (Å²) in [6.07, 6.45) is 0. The van der Waals surface area contributed by atoms with Crippen LogP contribution < -0.4 is 5.56 Å². The van der Waals surface area contributed by atoms with E-state index in [4.69, 9.17) is 0 Å². The van der Waals surface area contributed by atoms with Crippen LogP contribution in [0.25, 0.3) is 10.9 Å². The lowest BCUT2D eigenvalue weighted by Gasteiger charge is -2.26. The molecule has 134 valence electrons. The Kier molecular flexibility index (Phi) is 4.89. The Bertz CT molecular complexity index is 1000. The third kappa shape index (κ3) is 3.67. The second kappa shape index (κ2) is 7.12. The molecule has 0 saturated carbocycles. The molecule has 0 saturated heterocycles. The molecular formula is C21H23N3O2. The van der Waals surface area contributed by atoms with E-state index in [0.29, 0.717) is 22.3 Å². The van der Waals surface area contributed by atoms with Crippen molar-refractivity contribution in [3.05, 3.63) is 75.3 Å². The number of nitrogens with one attached hydrogen (secondary N) is 1. The van der Waals surface area contributed by atoms with Gasteiger partial charge in [-0.3, -0.25) is 9.59 Å². The summed E-state index contributed by atoms with van der Waals surface area (Å²) in [7, 11) is 0. The molecule has 1 heterocycles. The minimum absolute atomic E-state index is 0.0277. The number of nitrogens with zero attached hydrogens (tertiary/aromatic N) is 2. The molecule has 0 aliphatic heterocycles. The largest absolute Gasteiger partial charge is 0.329 e. The van der Waals surface area contributed by atoms with Crippen LogP contribution in [-0.2, 0) is 6.54 Å². The molecule has 1 aromatic heterocycles. The van der Waals surface area contributed by atoms with Gasteiger partial charge in [-0.2, -0.15) is 0 Å². The fourth-order valence-electron chi connectivity index (χ4n) is 3.12. The Morgan fingerprint density at radius 2 is 1.77 bits per heavy atom. The number of aryl methyl sites for hydroxylation is 2. The number of aromatic nitrogens is 2. The Morgan fingerprint density at radius 1 is 1.12 bits per heavy atom. The molecule has 26 heavy (non-hydrogen) atoms. The highest BCUT2D eigenvalue weighted by Gasteiger charge is 2.21. The summed E-state index contributed by atoms with van der Waals surface area (Å²) in [5.74, 6) is 0.419. The fraction of sp³-hybridized carbons (Fsp3) is 0.286. The SMILES string of the molecule is Cc1cc(C)cc(C(=O)N(Cc2nc3ccccc3c(=O)[nH]2)C(C)C)c1. The van der Waals surface area contributed by atoms with E-state index in [9.17, 15) is 9.59 Å². The van der Waals surface area contributed by atoms with Crippen LogP contribution in [0, 0.1) is 13.8 Å². The normalized spacial score (nSPS) is 11.1. The van der Waals surface area contributed by atoms with Gasteiger partial charge < -0.3 is 9.88 Å².